The Labute approximate surface area is 247 Å². The summed E-state index contributed by atoms with van der Waals surface area (Å²) in [6.45, 7) is 7.04. The standard InChI is InChI=1S/C34H39ClN4O2/c1-33(2)16-13-24(28(21-33)23-9-11-25(35)12-10-23)20-26-22-37-18-19-39(26)34(15-4-3-6-29(34)32(36)40)41-31-8-5-7-30-27(31)14-17-38-30/h3-12,14-15,17,26,29,37-38H,13,16,18-22H2,1-2H3,(H2,36,40). The SMILES string of the molecule is CC1(C)CCC(CC2CNCCN2C2(Oc3cccc4[nH]ccc34)C=CC=CC2C(N)=O)=C(c2ccc(Cl)cc2)C1. The van der Waals surface area contributed by atoms with Gasteiger partial charge in [0.25, 0.3) is 0 Å². The molecule has 2 aromatic carbocycles. The lowest BCUT2D eigenvalue weighted by atomic mass is 9.71. The molecule has 3 atom stereocenters. The molecule has 1 saturated heterocycles. The van der Waals surface area contributed by atoms with Gasteiger partial charge in [-0.2, -0.15) is 0 Å². The van der Waals surface area contributed by atoms with Crippen molar-refractivity contribution in [3.05, 3.63) is 95.2 Å². The van der Waals surface area contributed by atoms with Crippen LogP contribution in [0.3, 0.4) is 0 Å². The number of aromatic amines is 1. The van der Waals surface area contributed by atoms with Crippen molar-refractivity contribution in [1.29, 1.82) is 0 Å². The summed E-state index contributed by atoms with van der Waals surface area (Å²) in [4.78, 5) is 18.7. The van der Waals surface area contributed by atoms with E-state index in [0.29, 0.717) is 0 Å². The van der Waals surface area contributed by atoms with Crippen molar-refractivity contribution < 1.29 is 9.53 Å². The highest BCUT2D eigenvalue weighted by Gasteiger charge is 2.50. The number of nitrogens with two attached hydrogens (primary N) is 1. The van der Waals surface area contributed by atoms with Crippen LogP contribution >= 0.6 is 11.6 Å². The van der Waals surface area contributed by atoms with Crippen molar-refractivity contribution >= 4 is 34.0 Å². The summed E-state index contributed by atoms with van der Waals surface area (Å²) in [7, 11) is 0. The lowest BCUT2D eigenvalue weighted by Gasteiger charge is -2.51. The number of carbonyl (C=O) groups is 1. The van der Waals surface area contributed by atoms with Crippen LogP contribution in [-0.4, -0.2) is 47.2 Å². The molecule has 0 radical (unpaired) electrons. The van der Waals surface area contributed by atoms with Crippen molar-refractivity contribution in [3.63, 3.8) is 0 Å². The number of primary amides is 1. The van der Waals surface area contributed by atoms with Crippen LogP contribution in [0.5, 0.6) is 5.75 Å². The van der Waals surface area contributed by atoms with Gasteiger partial charge in [0.15, 0.2) is 5.72 Å². The molecule has 3 unspecified atom stereocenters. The fourth-order valence-corrected chi connectivity index (χ4v) is 6.99. The fraction of sp³-hybridized carbons (Fsp3) is 0.382. The first-order valence-electron chi connectivity index (χ1n) is 14.6. The van der Waals surface area contributed by atoms with Gasteiger partial charge < -0.3 is 20.8 Å². The number of ether oxygens (including phenoxy) is 1. The highest BCUT2D eigenvalue weighted by molar-refractivity contribution is 6.30. The van der Waals surface area contributed by atoms with Crippen LogP contribution < -0.4 is 15.8 Å². The van der Waals surface area contributed by atoms with Gasteiger partial charge in [-0.25, -0.2) is 0 Å². The smallest absolute Gasteiger partial charge is 0.230 e. The van der Waals surface area contributed by atoms with Gasteiger partial charge in [-0.1, -0.05) is 67.4 Å². The Kier molecular flexibility index (Phi) is 7.58. The molecule has 6 rings (SSSR count). The number of amides is 1. The molecule has 2 heterocycles. The van der Waals surface area contributed by atoms with E-state index in [2.05, 4.69) is 41.2 Å². The largest absolute Gasteiger partial charge is 0.467 e. The molecule has 0 saturated carbocycles. The van der Waals surface area contributed by atoms with Gasteiger partial charge in [0.05, 0.1) is 0 Å². The molecule has 1 fully saturated rings. The van der Waals surface area contributed by atoms with E-state index in [0.717, 1.165) is 67.0 Å². The van der Waals surface area contributed by atoms with E-state index in [4.69, 9.17) is 22.1 Å². The average molecular weight is 571 g/mol. The summed E-state index contributed by atoms with van der Waals surface area (Å²) in [5.41, 5.74) is 10.4. The minimum Gasteiger partial charge on any atom is -0.467 e. The summed E-state index contributed by atoms with van der Waals surface area (Å²) >= 11 is 6.26. The van der Waals surface area contributed by atoms with E-state index in [1.54, 1.807) is 0 Å². The van der Waals surface area contributed by atoms with Gasteiger partial charge >= 0.3 is 0 Å². The monoisotopic (exact) mass is 570 g/mol. The number of nitrogens with one attached hydrogen (secondary N) is 2. The molecular formula is C34H39ClN4O2. The van der Waals surface area contributed by atoms with Crippen LogP contribution in [0.2, 0.25) is 5.02 Å². The lowest BCUT2D eigenvalue weighted by Crippen LogP contribution is -2.67. The van der Waals surface area contributed by atoms with Gasteiger partial charge in [0, 0.05) is 47.8 Å². The van der Waals surface area contributed by atoms with E-state index in [9.17, 15) is 4.79 Å². The molecule has 0 spiro atoms. The molecule has 214 valence electrons. The molecular weight excluding hydrogens is 532 g/mol. The first-order chi connectivity index (χ1) is 19.8. The Bertz CT molecular complexity index is 1520. The summed E-state index contributed by atoms with van der Waals surface area (Å²) < 4.78 is 7.01. The van der Waals surface area contributed by atoms with Crippen molar-refractivity contribution in [2.24, 2.45) is 17.1 Å². The van der Waals surface area contributed by atoms with Gasteiger partial charge in [-0.3, -0.25) is 9.69 Å². The number of hydrogen-bond acceptors (Lipinski definition) is 4. The van der Waals surface area contributed by atoms with Gasteiger partial charge in [0.1, 0.15) is 11.7 Å². The maximum atomic E-state index is 13.0. The van der Waals surface area contributed by atoms with E-state index in [-0.39, 0.29) is 11.5 Å². The molecule has 1 aromatic heterocycles. The van der Waals surface area contributed by atoms with E-state index in [1.165, 1.54) is 16.7 Å². The number of fused-ring (bicyclic) bond motifs is 1. The highest BCUT2D eigenvalue weighted by Crippen LogP contribution is 2.46. The molecule has 3 aliphatic rings. The number of nitrogens with zero attached hydrogens (tertiary/aromatic N) is 1. The second kappa shape index (κ2) is 11.2. The van der Waals surface area contributed by atoms with Gasteiger partial charge in [0.2, 0.25) is 5.91 Å². The zero-order valence-corrected chi connectivity index (χ0v) is 24.6. The van der Waals surface area contributed by atoms with Crippen LogP contribution in [0.4, 0.5) is 0 Å². The summed E-state index contributed by atoms with van der Waals surface area (Å²) in [6, 6.07) is 16.4. The van der Waals surface area contributed by atoms with Crippen molar-refractivity contribution in [2.75, 3.05) is 19.6 Å². The van der Waals surface area contributed by atoms with Crippen molar-refractivity contribution in [2.45, 2.75) is 51.3 Å². The second-order valence-corrected chi connectivity index (χ2v) is 12.8. The van der Waals surface area contributed by atoms with Crippen LogP contribution in [0.15, 0.2) is 84.6 Å². The number of halogens is 1. The molecule has 0 bridgehead atoms. The second-order valence-electron chi connectivity index (χ2n) is 12.4. The zero-order chi connectivity index (χ0) is 28.6. The minimum absolute atomic E-state index is 0.102. The average Bonchev–Trinajstić information content (AvgIpc) is 3.45. The summed E-state index contributed by atoms with van der Waals surface area (Å²) in [5, 5.41) is 5.35. The van der Waals surface area contributed by atoms with Gasteiger partial charge in [-0.15, -0.1) is 0 Å². The first kappa shape index (κ1) is 27.8. The fourth-order valence-electron chi connectivity index (χ4n) is 6.86. The number of rotatable bonds is 7. The number of H-pyrrole nitrogens is 1. The summed E-state index contributed by atoms with van der Waals surface area (Å²) in [6.07, 6.45) is 13.8. The first-order valence-corrected chi connectivity index (χ1v) is 15.0. The molecule has 1 amide bonds. The van der Waals surface area contributed by atoms with Crippen LogP contribution in [-0.2, 0) is 4.79 Å². The third kappa shape index (κ3) is 5.49. The Hall–Kier alpha value is -3.32. The number of allylic oxidation sites excluding steroid dienone is 3. The molecule has 7 heteroatoms. The number of hydrogen-bond donors (Lipinski definition) is 3. The normalized spacial score (nSPS) is 26.4. The number of benzene rings is 2. The predicted octanol–water partition coefficient (Wildman–Crippen LogP) is 6.45. The zero-order valence-electron chi connectivity index (χ0n) is 23.8. The number of piperazine rings is 1. The number of carbonyl (C=O) groups excluding carboxylic acids is 1. The predicted molar refractivity (Wildman–Crippen MR) is 167 cm³/mol. The maximum absolute atomic E-state index is 13.0. The maximum Gasteiger partial charge on any atom is 0.230 e. The third-order valence-electron chi connectivity index (χ3n) is 8.99. The van der Waals surface area contributed by atoms with Crippen LogP contribution in [0.1, 0.15) is 45.1 Å². The van der Waals surface area contributed by atoms with Gasteiger partial charge in [-0.05, 0) is 78.6 Å². The van der Waals surface area contributed by atoms with E-state index in [1.807, 2.05) is 66.9 Å². The molecule has 3 aromatic rings. The van der Waals surface area contributed by atoms with Crippen LogP contribution in [0.25, 0.3) is 16.5 Å². The Morgan fingerprint density at radius 1 is 1.15 bits per heavy atom. The Morgan fingerprint density at radius 3 is 2.78 bits per heavy atom. The third-order valence-corrected chi connectivity index (χ3v) is 9.24. The lowest BCUT2D eigenvalue weighted by molar-refractivity contribution is -0.141. The minimum atomic E-state index is -1.05. The molecule has 6 nitrogen and oxygen atoms in total. The van der Waals surface area contributed by atoms with Crippen molar-refractivity contribution in [3.8, 4) is 5.75 Å². The van der Waals surface area contributed by atoms with Crippen molar-refractivity contribution in [1.82, 2.24) is 15.2 Å². The molecule has 4 N–H and O–H groups in total. The Balaban J connectivity index is 1.42. The highest BCUT2D eigenvalue weighted by atomic mass is 35.5. The molecule has 1 aliphatic heterocycles. The molecule has 2 aliphatic carbocycles. The summed E-state index contributed by atoms with van der Waals surface area (Å²) in [5.74, 6) is -0.311. The topological polar surface area (TPSA) is 83.4 Å². The quantitative estimate of drug-likeness (QED) is 0.305. The van der Waals surface area contributed by atoms with Crippen LogP contribution in [0, 0.1) is 11.3 Å². The number of aromatic nitrogens is 1. The molecule has 41 heavy (non-hydrogen) atoms. The van der Waals surface area contributed by atoms with E-state index < -0.39 is 17.6 Å². The Morgan fingerprint density at radius 2 is 1.98 bits per heavy atom. The van der Waals surface area contributed by atoms with E-state index >= 15 is 0 Å².